The van der Waals surface area contributed by atoms with Gasteiger partial charge in [-0.15, -0.1) is 0 Å². The van der Waals surface area contributed by atoms with Crippen molar-refractivity contribution in [3.05, 3.63) is 28.3 Å². The summed E-state index contributed by atoms with van der Waals surface area (Å²) in [6, 6.07) is 4.90. The van der Waals surface area contributed by atoms with E-state index in [4.69, 9.17) is 10.5 Å². The van der Waals surface area contributed by atoms with Crippen LogP contribution in [0.2, 0.25) is 0 Å². The van der Waals surface area contributed by atoms with E-state index in [-0.39, 0.29) is 23.0 Å². The predicted molar refractivity (Wildman–Crippen MR) is 69.6 cm³/mol. The van der Waals surface area contributed by atoms with E-state index in [0.717, 1.165) is 6.42 Å². The van der Waals surface area contributed by atoms with Gasteiger partial charge in [-0.25, -0.2) is 0 Å². The number of nitrogens with zero attached hydrogens (tertiary/aromatic N) is 1. The molecule has 1 fully saturated rings. The molecule has 0 amide bonds. The maximum Gasteiger partial charge on any atom is 0.314 e. The lowest BCUT2D eigenvalue weighted by molar-refractivity contribution is -0.383. The fourth-order valence-corrected chi connectivity index (χ4v) is 2.17. The van der Waals surface area contributed by atoms with Gasteiger partial charge >= 0.3 is 5.69 Å². The number of anilines is 2. The van der Waals surface area contributed by atoms with Gasteiger partial charge in [0.05, 0.1) is 16.6 Å². The standard InChI is InChI=1S/C12H17N3O3/c1-8-12(2,6-7-18-8)14-10-5-3-4-9(13)11(10)15(16)17/h3-5,8,14H,6-7,13H2,1-2H3. The Morgan fingerprint density at radius 3 is 2.89 bits per heavy atom. The lowest BCUT2D eigenvalue weighted by Crippen LogP contribution is -2.41. The molecule has 1 aromatic carbocycles. The van der Waals surface area contributed by atoms with Crippen molar-refractivity contribution in [1.82, 2.24) is 0 Å². The highest BCUT2D eigenvalue weighted by Gasteiger charge is 2.38. The lowest BCUT2D eigenvalue weighted by Gasteiger charge is -2.30. The monoisotopic (exact) mass is 251 g/mol. The zero-order chi connectivity index (χ0) is 13.3. The van der Waals surface area contributed by atoms with Crippen molar-refractivity contribution >= 4 is 17.1 Å². The molecule has 98 valence electrons. The molecule has 1 aromatic rings. The number of hydrogen-bond donors (Lipinski definition) is 2. The molecule has 2 atom stereocenters. The van der Waals surface area contributed by atoms with Crippen LogP contribution in [0.3, 0.4) is 0 Å². The molecule has 0 aliphatic carbocycles. The van der Waals surface area contributed by atoms with E-state index in [1.54, 1.807) is 12.1 Å². The van der Waals surface area contributed by atoms with Crippen molar-refractivity contribution in [2.24, 2.45) is 0 Å². The van der Waals surface area contributed by atoms with Gasteiger partial charge in [-0.2, -0.15) is 0 Å². The molecule has 1 aliphatic heterocycles. The molecule has 0 bridgehead atoms. The summed E-state index contributed by atoms with van der Waals surface area (Å²) >= 11 is 0. The van der Waals surface area contributed by atoms with E-state index in [1.165, 1.54) is 6.07 Å². The second-order valence-electron chi connectivity index (χ2n) is 4.81. The number of nitrogen functional groups attached to an aromatic ring is 1. The summed E-state index contributed by atoms with van der Waals surface area (Å²) in [5.74, 6) is 0. The smallest absolute Gasteiger partial charge is 0.314 e. The molecule has 6 nitrogen and oxygen atoms in total. The number of nitro groups is 1. The fraction of sp³-hybridized carbons (Fsp3) is 0.500. The first-order valence-corrected chi connectivity index (χ1v) is 5.87. The molecular weight excluding hydrogens is 234 g/mol. The van der Waals surface area contributed by atoms with Crippen LogP contribution in [0.5, 0.6) is 0 Å². The third-order valence-corrected chi connectivity index (χ3v) is 3.56. The second-order valence-corrected chi connectivity index (χ2v) is 4.81. The number of hydrogen-bond acceptors (Lipinski definition) is 5. The minimum atomic E-state index is -0.457. The Morgan fingerprint density at radius 2 is 2.33 bits per heavy atom. The van der Waals surface area contributed by atoms with Crippen molar-refractivity contribution in [3.63, 3.8) is 0 Å². The summed E-state index contributed by atoms with van der Waals surface area (Å²) < 4.78 is 5.51. The molecule has 0 spiro atoms. The Bertz CT molecular complexity index is 478. The number of nitro benzene ring substituents is 1. The molecule has 6 heteroatoms. The van der Waals surface area contributed by atoms with Gasteiger partial charge < -0.3 is 15.8 Å². The summed E-state index contributed by atoms with van der Waals surface area (Å²) in [4.78, 5) is 10.6. The average Bonchev–Trinajstić information content (AvgIpc) is 2.58. The number of rotatable bonds is 3. The first-order valence-electron chi connectivity index (χ1n) is 5.87. The van der Waals surface area contributed by atoms with Crippen molar-refractivity contribution < 1.29 is 9.66 Å². The van der Waals surface area contributed by atoms with E-state index in [0.29, 0.717) is 12.3 Å². The van der Waals surface area contributed by atoms with Crippen molar-refractivity contribution in [1.29, 1.82) is 0 Å². The Kier molecular flexibility index (Phi) is 3.13. The van der Waals surface area contributed by atoms with Crippen LogP contribution in [-0.2, 0) is 4.74 Å². The van der Waals surface area contributed by atoms with Gasteiger partial charge in [0.15, 0.2) is 0 Å². The SMILES string of the molecule is CC1OCCC1(C)Nc1cccc(N)c1[N+](=O)[O-]. The van der Waals surface area contributed by atoms with Gasteiger partial charge in [0.25, 0.3) is 0 Å². The quantitative estimate of drug-likeness (QED) is 0.488. The number of nitrogens with two attached hydrogens (primary N) is 1. The van der Waals surface area contributed by atoms with Crippen LogP contribution in [0.4, 0.5) is 17.1 Å². The average molecular weight is 251 g/mol. The lowest BCUT2D eigenvalue weighted by atomic mass is 9.94. The van der Waals surface area contributed by atoms with Crippen LogP contribution >= 0.6 is 0 Å². The first-order chi connectivity index (χ1) is 8.44. The van der Waals surface area contributed by atoms with Gasteiger partial charge in [-0.3, -0.25) is 10.1 Å². The van der Waals surface area contributed by atoms with Gasteiger partial charge in [-0.1, -0.05) is 6.07 Å². The number of nitrogens with one attached hydrogen (secondary N) is 1. The van der Waals surface area contributed by atoms with Crippen LogP contribution in [-0.4, -0.2) is 23.2 Å². The zero-order valence-corrected chi connectivity index (χ0v) is 10.5. The van der Waals surface area contributed by atoms with E-state index in [9.17, 15) is 10.1 Å². The number of ether oxygens (including phenoxy) is 1. The van der Waals surface area contributed by atoms with Gasteiger partial charge in [-0.05, 0) is 32.4 Å². The highest BCUT2D eigenvalue weighted by Crippen LogP contribution is 2.36. The molecular formula is C12H17N3O3. The van der Waals surface area contributed by atoms with Gasteiger partial charge in [0.2, 0.25) is 0 Å². The third-order valence-electron chi connectivity index (χ3n) is 3.56. The summed E-state index contributed by atoms with van der Waals surface area (Å²) in [5, 5.41) is 14.3. The molecule has 1 saturated heterocycles. The Morgan fingerprint density at radius 1 is 1.61 bits per heavy atom. The van der Waals surface area contributed by atoms with Crippen molar-refractivity contribution in [3.8, 4) is 0 Å². The second kappa shape index (κ2) is 4.45. The molecule has 18 heavy (non-hydrogen) atoms. The Hall–Kier alpha value is -1.82. The zero-order valence-electron chi connectivity index (χ0n) is 10.5. The summed E-state index contributed by atoms with van der Waals surface area (Å²) in [6.07, 6.45) is 0.804. The predicted octanol–water partition coefficient (Wildman–Crippen LogP) is 2.16. The largest absolute Gasteiger partial charge is 0.393 e. The maximum absolute atomic E-state index is 11.1. The topological polar surface area (TPSA) is 90.4 Å². The van der Waals surface area contributed by atoms with E-state index in [1.807, 2.05) is 13.8 Å². The van der Waals surface area contributed by atoms with E-state index < -0.39 is 4.92 Å². The molecule has 0 saturated carbocycles. The van der Waals surface area contributed by atoms with Gasteiger partial charge in [0.1, 0.15) is 11.4 Å². The summed E-state index contributed by atoms with van der Waals surface area (Å²) in [6.45, 7) is 4.61. The normalized spacial score (nSPS) is 27.1. The third kappa shape index (κ3) is 2.11. The summed E-state index contributed by atoms with van der Waals surface area (Å²) in [5.41, 5.74) is 5.89. The molecule has 0 radical (unpaired) electrons. The number of benzene rings is 1. The van der Waals surface area contributed by atoms with Crippen LogP contribution in [0.25, 0.3) is 0 Å². The summed E-state index contributed by atoms with van der Waals surface area (Å²) in [7, 11) is 0. The van der Waals surface area contributed by atoms with Crippen LogP contribution in [0, 0.1) is 10.1 Å². The maximum atomic E-state index is 11.1. The van der Waals surface area contributed by atoms with Gasteiger partial charge in [0, 0.05) is 6.61 Å². The molecule has 1 heterocycles. The molecule has 2 rings (SSSR count). The Balaban J connectivity index is 2.35. The molecule has 0 aromatic heterocycles. The van der Waals surface area contributed by atoms with Crippen LogP contribution in [0.1, 0.15) is 20.3 Å². The van der Waals surface area contributed by atoms with Crippen LogP contribution < -0.4 is 11.1 Å². The molecule has 3 N–H and O–H groups in total. The highest BCUT2D eigenvalue weighted by molar-refractivity contribution is 5.75. The first kappa shape index (κ1) is 12.6. The highest BCUT2D eigenvalue weighted by atomic mass is 16.6. The van der Waals surface area contributed by atoms with E-state index in [2.05, 4.69) is 5.32 Å². The van der Waals surface area contributed by atoms with Crippen molar-refractivity contribution in [2.75, 3.05) is 17.7 Å². The van der Waals surface area contributed by atoms with Crippen molar-refractivity contribution in [2.45, 2.75) is 31.9 Å². The minimum Gasteiger partial charge on any atom is -0.393 e. The van der Waals surface area contributed by atoms with E-state index >= 15 is 0 Å². The molecule has 1 aliphatic rings. The fourth-order valence-electron chi connectivity index (χ4n) is 2.17. The minimum absolute atomic E-state index is 0.00136. The van der Waals surface area contributed by atoms with Crippen LogP contribution in [0.15, 0.2) is 18.2 Å². The number of para-hydroxylation sites is 1. The Labute approximate surface area is 105 Å². The molecule has 2 unspecified atom stereocenters.